The Balaban J connectivity index is 2.32. The van der Waals surface area contributed by atoms with E-state index in [-0.39, 0.29) is 11.8 Å². The number of carbonyl (C=O) groups excluding carboxylic acids is 2. The predicted molar refractivity (Wildman–Crippen MR) is 44.5 cm³/mol. The minimum Gasteiger partial charge on any atom is -0.356 e. The summed E-state index contributed by atoms with van der Waals surface area (Å²) in [5.74, 6) is -0.0425. The molecule has 1 heterocycles. The zero-order valence-corrected chi connectivity index (χ0v) is 7.06. The molecule has 0 aromatic heterocycles. The highest BCUT2D eigenvalue weighted by atomic mass is 16.2. The van der Waals surface area contributed by atoms with Crippen LogP contribution in [0.4, 0.5) is 0 Å². The average molecular weight is 170 g/mol. The first-order valence-corrected chi connectivity index (χ1v) is 4.32. The van der Waals surface area contributed by atoms with Gasteiger partial charge >= 0.3 is 0 Å². The molecular formula is C8H14N2O2. The van der Waals surface area contributed by atoms with E-state index in [9.17, 15) is 9.59 Å². The molecule has 68 valence electrons. The van der Waals surface area contributed by atoms with Crippen LogP contribution < -0.4 is 10.6 Å². The highest BCUT2D eigenvalue weighted by Crippen LogP contribution is 1.93. The second kappa shape index (κ2) is 4.74. The molecule has 1 rings (SSSR count). The van der Waals surface area contributed by atoms with E-state index in [2.05, 4.69) is 10.6 Å². The molecule has 0 aromatic carbocycles. The van der Waals surface area contributed by atoms with Gasteiger partial charge < -0.3 is 10.6 Å². The number of carbonyl (C=O) groups is 2. The SMILES string of the molecule is O=C1CCC(=O)NCCCCN1. The van der Waals surface area contributed by atoms with Gasteiger partial charge in [-0.2, -0.15) is 0 Å². The normalized spacial score (nSPS) is 21.0. The van der Waals surface area contributed by atoms with Gasteiger partial charge in [0.1, 0.15) is 0 Å². The first-order chi connectivity index (χ1) is 5.79. The highest BCUT2D eigenvalue weighted by Gasteiger charge is 2.07. The molecule has 0 spiro atoms. The fourth-order valence-corrected chi connectivity index (χ4v) is 1.11. The number of hydrogen-bond acceptors (Lipinski definition) is 2. The summed E-state index contributed by atoms with van der Waals surface area (Å²) in [6.07, 6.45) is 2.50. The Morgan fingerprint density at radius 3 is 1.67 bits per heavy atom. The van der Waals surface area contributed by atoms with E-state index in [0.717, 1.165) is 25.9 Å². The molecule has 1 saturated heterocycles. The summed E-state index contributed by atoms with van der Waals surface area (Å²) in [7, 11) is 0. The van der Waals surface area contributed by atoms with Crippen molar-refractivity contribution in [3.8, 4) is 0 Å². The minimum absolute atomic E-state index is 0.0212. The zero-order valence-electron chi connectivity index (χ0n) is 7.06. The van der Waals surface area contributed by atoms with E-state index in [1.165, 1.54) is 0 Å². The van der Waals surface area contributed by atoms with Gasteiger partial charge in [-0.1, -0.05) is 0 Å². The van der Waals surface area contributed by atoms with E-state index < -0.39 is 0 Å². The molecule has 0 saturated carbocycles. The lowest BCUT2D eigenvalue weighted by atomic mass is 10.2. The van der Waals surface area contributed by atoms with Crippen molar-refractivity contribution < 1.29 is 9.59 Å². The van der Waals surface area contributed by atoms with Crippen LogP contribution in [0.15, 0.2) is 0 Å². The summed E-state index contributed by atoms with van der Waals surface area (Å²) in [5.41, 5.74) is 0. The first-order valence-electron chi connectivity index (χ1n) is 4.32. The maximum absolute atomic E-state index is 11.0. The summed E-state index contributed by atoms with van der Waals surface area (Å²) in [5, 5.41) is 5.51. The molecule has 2 amide bonds. The van der Waals surface area contributed by atoms with Gasteiger partial charge in [0.15, 0.2) is 0 Å². The number of amides is 2. The number of hydrogen-bond donors (Lipinski definition) is 2. The fraction of sp³-hybridized carbons (Fsp3) is 0.750. The van der Waals surface area contributed by atoms with Crippen LogP contribution in [0.1, 0.15) is 25.7 Å². The summed E-state index contributed by atoms with van der Waals surface area (Å²) in [6, 6.07) is 0. The monoisotopic (exact) mass is 170 g/mol. The summed E-state index contributed by atoms with van der Waals surface area (Å²) in [6.45, 7) is 1.46. The Kier molecular flexibility index (Phi) is 3.57. The summed E-state index contributed by atoms with van der Waals surface area (Å²) in [4.78, 5) is 21.9. The Labute approximate surface area is 71.7 Å². The van der Waals surface area contributed by atoms with Gasteiger partial charge in [-0.25, -0.2) is 0 Å². The van der Waals surface area contributed by atoms with Crippen molar-refractivity contribution in [3.05, 3.63) is 0 Å². The van der Waals surface area contributed by atoms with E-state index in [1.807, 2.05) is 0 Å². The molecule has 0 aromatic rings. The highest BCUT2D eigenvalue weighted by molar-refractivity contribution is 5.83. The maximum Gasteiger partial charge on any atom is 0.220 e. The van der Waals surface area contributed by atoms with Gasteiger partial charge in [0, 0.05) is 25.9 Å². The Bertz CT molecular complexity index is 160. The van der Waals surface area contributed by atoms with Gasteiger partial charge in [-0.15, -0.1) is 0 Å². The summed E-state index contributed by atoms with van der Waals surface area (Å²) >= 11 is 0. The lowest BCUT2D eigenvalue weighted by Crippen LogP contribution is -2.31. The van der Waals surface area contributed by atoms with Crippen LogP contribution in [-0.4, -0.2) is 24.9 Å². The van der Waals surface area contributed by atoms with Gasteiger partial charge in [0.05, 0.1) is 0 Å². The van der Waals surface area contributed by atoms with Crippen LogP contribution in [0.3, 0.4) is 0 Å². The van der Waals surface area contributed by atoms with Crippen LogP contribution in [0.2, 0.25) is 0 Å². The molecule has 0 radical (unpaired) electrons. The third kappa shape index (κ3) is 3.37. The standard InChI is InChI=1S/C8H14N2O2/c11-7-3-4-8(12)10-6-2-1-5-9-7/h1-6H2,(H,9,11)(H,10,12). The van der Waals surface area contributed by atoms with E-state index in [1.54, 1.807) is 0 Å². The van der Waals surface area contributed by atoms with Gasteiger partial charge in [0.2, 0.25) is 11.8 Å². The smallest absolute Gasteiger partial charge is 0.220 e. The minimum atomic E-state index is -0.0212. The van der Waals surface area contributed by atoms with Gasteiger partial charge in [-0.3, -0.25) is 9.59 Å². The lowest BCUT2D eigenvalue weighted by Gasteiger charge is -2.09. The topological polar surface area (TPSA) is 58.2 Å². The van der Waals surface area contributed by atoms with E-state index in [0.29, 0.717) is 12.8 Å². The van der Waals surface area contributed by atoms with Crippen molar-refractivity contribution >= 4 is 11.8 Å². The van der Waals surface area contributed by atoms with Gasteiger partial charge in [-0.05, 0) is 12.8 Å². The van der Waals surface area contributed by atoms with Crippen molar-refractivity contribution in [2.24, 2.45) is 0 Å². The molecule has 2 N–H and O–H groups in total. The molecule has 12 heavy (non-hydrogen) atoms. The molecule has 1 aliphatic rings. The second-order valence-electron chi connectivity index (χ2n) is 2.91. The Hall–Kier alpha value is -1.06. The molecule has 0 bridgehead atoms. The van der Waals surface area contributed by atoms with Crippen molar-refractivity contribution in [3.63, 3.8) is 0 Å². The van der Waals surface area contributed by atoms with Crippen molar-refractivity contribution in [2.75, 3.05) is 13.1 Å². The second-order valence-corrected chi connectivity index (χ2v) is 2.91. The maximum atomic E-state index is 11.0. The first kappa shape index (κ1) is 9.03. The molecule has 0 aliphatic carbocycles. The number of nitrogens with one attached hydrogen (secondary N) is 2. The molecule has 0 unspecified atom stereocenters. The van der Waals surface area contributed by atoms with Crippen molar-refractivity contribution in [1.82, 2.24) is 10.6 Å². The molecule has 0 atom stereocenters. The molecule has 4 heteroatoms. The van der Waals surface area contributed by atoms with E-state index in [4.69, 9.17) is 0 Å². The number of rotatable bonds is 0. The quantitative estimate of drug-likeness (QED) is 0.528. The Morgan fingerprint density at radius 2 is 1.25 bits per heavy atom. The van der Waals surface area contributed by atoms with Crippen LogP contribution in [0, 0.1) is 0 Å². The zero-order chi connectivity index (χ0) is 8.81. The molecule has 1 aliphatic heterocycles. The van der Waals surface area contributed by atoms with Crippen molar-refractivity contribution in [1.29, 1.82) is 0 Å². The average Bonchev–Trinajstić information content (AvgIpc) is 2.07. The third-order valence-electron chi connectivity index (χ3n) is 1.83. The van der Waals surface area contributed by atoms with Gasteiger partial charge in [0.25, 0.3) is 0 Å². The fourth-order valence-electron chi connectivity index (χ4n) is 1.11. The summed E-state index contributed by atoms with van der Waals surface area (Å²) < 4.78 is 0. The van der Waals surface area contributed by atoms with Crippen molar-refractivity contribution in [2.45, 2.75) is 25.7 Å². The van der Waals surface area contributed by atoms with E-state index >= 15 is 0 Å². The molecule has 4 nitrogen and oxygen atoms in total. The third-order valence-corrected chi connectivity index (χ3v) is 1.83. The Morgan fingerprint density at radius 1 is 0.833 bits per heavy atom. The molecular weight excluding hydrogens is 156 g/mol. The van der Waals surface area contributed by atoms with Crippen LogP contribution in [0.5, 0.6) is 0 Å². The largest absolute Gasteiger partial charge is 0.356 e. The van der Waals surface area contributed by atoms with Crippen LogP contribution >= 0.6 is 0 Å². The van der Waals surface area contributed by atoms with Crippen LogP contribution in [0.25, 0.3) is 0 Å². The predicted octanol–water partition coefficient (Wildman–Crippen LogP) is -0.207. The molecule has 1 fully saturated rings. The lowest BCUT2D eigenvalue weighted by molar-refractivity contribution is -0.126. The van der Waals surface area contributed by atoms with Crippen LogP contribution in [-0.2, 0) is 9.59 Å².